The molecule has 0 bridgehead atoms. The Morgan fingerprint density at radius 3 is 2.37 bits per heavy atom. The molecule has 4 unspecified atom stereocenters. The van der Waals surface area contributed by atoms with Gasteiger partial charge in [0.2, 0.25) is 5.91 Å². The maximum absolute atomic E-state index is 14.3. The summed E-state index contributed by atoms with van der Waals surface area (Å²) in [7, 11) is 0. The second kappa shape index (κ2) is 10.2. The lowest BCUT2D eigenvalue weighted by atomic mass is 9.66. The number of rotatable bonds is 7. The summed E-state index contributed by atoms with van der Waals surface area (Å²) in [5.41, 5.74) is 1.23. The van der Waals surface area contributed by atoms with Gasteiger partial charge in [-0.2, -0.15) is 0 Å². The van der Waals surface area contributed by atoms with Crippen LogP contribution in [0.1, 0.15) is 70.0 Å². The molecule has 2 saturated heterocycles. The Balaban J connectivity index is 1.83. The number of ether oxygens (including phenoxy) is 2. The number of carbonyl (C=O) groups excluding carboxylic acids is 2. The van der Waals surface area contributed by atoms with E-state index in [-0.39, 0.29) is 24.0 Å². The number of aldehydes is 1. The van der Waals surface area contributed by atoms with Crippen molar-refractivity contribution in [1.82, 2.24) is 4.90 Å². The number of carbonyl (C=O) groups is 2. The van der Waals surface area contributed by atoms with Crippen LogP contribution in [0.3, 0.4) is 0 Å². The van der Waals surface area contributed by atoms with E-state index < -0.39 is 17.2 Å². The molecule has 35 heavy (non-hydrogen) atoms. The van der Waals surface area contributed by atoms with Gasteiger partial charge in [0.1, 0.15) is 6.29 Å². The van der Waals surface area contributed by atoms with E-state index in [2.05, 4.69) is 0 Å². The first-order valence-corrected chi connectivity index (χ1v) is 12.9. The topological polar surface area (TPSA) is 55.8 Å². The molecule has 2 fully saturated rings. The van der Waals surface area contributed by atoms with Gasteiger partial charge in [0.15, 0.2) is 5.79 Å². The molecule has 4 rings (SSSR count). The third-order valence-electron chi connectivity index (χ3n) is 7.27. The molecule has 2 aromatic rings. The van der Waals surface area contributed by atoms with E-state index in [4.69, 9.17) is 32.7 Å². The minimum Gasteiger partial charge on any atom is -0.348 e. The van der Waals surface area contributed by atoms with Crippen LogP contribution >= 0.6 is 23.2 Å². The summed E-state index contributed by atoms with van der Waals surface area (Å²) in [5.74, 6) is -0.796. The monoisotopic (exact) mass is 517 g/mol. The van der Waals surface area contributed by atoms with Gasteiger partial charge in [0.05, 0.1) is 24.8 Å². The molecule has 5 nitrogen and oxygen atoms in total. The standard InChI is InChI=1S/C28H33Cl2NO4/c1-5-22(16-32)31-25(18-9-11-20(29)12-10-18)24(19-7-6-8-21(30)13-19)15-28(4,26(31)33)14-23-17-34-27(2,3)35-23/h6-13,16,22-25H,5,14-15,17H2,1-4H3/t22?,23?,24?,25?,28-/m0/s1. The van der Waals surface area contributed by atoms with Crippen molar-refractivity contribution >= 4 is 35.4 Å². The van der Waals surface area contributed by atoms with Gasteiger partial charge in [-0.05, 0) is 68.5 Å². The predicted octanol–water partition coefficient (Wildman–Crippen LogP) is 6.58. The fourth-order valence-corrected chi connectivity index (χ4v) is 5.98. The van der Waals surface area contributed by atoms with Gasteiger partial charge in [-0.25, -0.2) is 0 Å². The Morgan fingerprint density at radius 1 is 1.09 bits per heavy atom. The van der Waals surface area contributed by atoms with Gasteiger partial charge < -0.3 is 19.2 Å². The summed E-state index contributed by atoms with van der Waals surface area (Å²) in [6.07, 6.45) is 2.30. The summed E-state index contributed by atoms with van der Waals surface area (Å²) in [4.78, 5) is 28.3. The first kappa shape index (κ1) is 26.2. The Morgan fingerprint density at radius 2 is 1.80 bits per heavy atom. The van der Waals surface area contributed by atoms with Crippen LogP contribution in [-0.4, -0.2) is 41.6 Å². The van der Waals surface area contributed by atoms with Crippen LogP contribution in [0.15, 0.2) is 48.5 Å². The zero-order valence-electron chi connectivity index (χ0n) is 20.7. The third-order valence-corrected chi connectivity index (χ3v) is 7.76. The van der Waals surface area contributed by atoms with Crippen molar-refractivity contribution in [1.29, 1.82) is 0 Å². The van der Waals surface area contributed by atoms with Crippen molar-refractivity contribution in [3.8, 4) is 0 Å². The van der Waals surface area contributed by atoms with Crippen LogP contribution in [-0.2, 0) is 19.1 Å². The minimum atomic E-state index is -0.749. The Kier molecular flexibility index (Phi) is 7.63. The average molecular weight is 518 g/mol. The number of amides is 1. The molecule has 2 aromatic carbocycles. The number of halogens is 2. The fourth-order valence-electron chi connectivity index (χ4n) is 5.66. The molecule has 7 heteroatoms. The molecule has 2 aliphatic rings. The van der Waals surface area contributed by atoms with Crippen LogP contribution < -0.4 is 0 Å². The van der Waals surface area contributed by atoms with Crippen molar-refractivity contribution in [2.24, 2.45) is 5.41 Å². The summed E-state index contributed by atoms with van der Waals surface area (Å²) in [5, 5.41) is 1.26. The smallest absolute Gasteiger partial charge is 0.229 e. The quantitative estimate of drug-likeness (QED) is 0.389. The van der Waals surface area contributed by atoms with Crippen molar-refractivity contribution in [3.05, 3.63) is 69.7 Å². The van der Waals surface area contributed by atoms with Gasteiger partial charge in [0.25, 0.3) is 0 Å². The van der Waals surface area contributed by atoms with Crippen molar-refractivity contribution in [2.45, 2.75) is 76.9 Å². The molecule has 188 valence electrons. The Hall–Kier alpha value is -1.92. The van der Waals surface area contributed by atoms with Crippen LogP contribution in [0, 0.1) is 5.41 Å². The molecular formula is C28H33Cl2NO4. The van der Waals surface area contributed by atoms with Gasteiger partial charge >= 0.3 is 0 Å². The van der Waals surface area contributed by atoms with E-state index in [9.17, 15) is 9.59 Å². The third kappa shape index (κ3) is 5.43. The predicted molar refractivity (Wildman–Crippen MR) is 138 cm³/mol. The van der Waals surface area contributed by atoms with E-state index in [1.165, 1.54) is 0 Å². The van der Waals surface area contributed by atoms with Crippen LogP contribution in [0.2, 0.25) is 10.0 Å². The largest absolute Gasteiger partial charge is 0.348 e. The van der Waals surface area contributed by atoms with Crippen LogP contribution in [0.5, 0.6) is 0 Å². The van der Waals surface area contributed by atoms with Gasteiger partial charge in [-0.15, -0.1) is 0 Å². The summed E-state index contributed by atoms with van der Waals surface area (Å²) >= 11 is 12.6. The average Bonchev–Trinajstić information content (AvgIpc) is 3.15. The van der Waals surface area contributed by atoms with Crippen molar-refractivity contribution in [3.63, 3.8) is 0 Å². The highest BCUT2D eigenvalue weighted by Gasteiger charge is 2.53. The normalized spacial score (nSPS) is 29.3. The summed E-state index contributed by atoms with van der Waals surface area (Å²) in [6.45, 7) is 8.12. The number of nitrogens with zero attached hydrogens (tertiary/aromatic N) is 1. The van der Waals surface area contributed by atoms with Gasteiger partial charge in [-0.3, -0.25) is 4.79 Å². The molecule has 0 aliphatic carbocycles. The molecule has 0 spiro atoms. The molecule has 0 N–H and O–H groups in total. The number of piperidine rings is 1. The number of likely N-dealkylation sites (tertiary alicyclic amines) is 1. The number of hydrogen-bond acceptors (Lipinski definition) is 4. The SMILES string of the molecule is CCC(C=O)N1C(=O)[C@@](C)(CC2COC(C)(C)O2)CC(c2cccc(Cl)c2)C1c1ccc(Cl)cc1. The molecule has 1 amide bonds. The van der Waals surface area contributed by atoms with E-state index in [0.717, 1.165) is 17.4 Å². The lowest BCUT2D eigenvalue weighted by Gasteiger charge is -2.51. The highest BCUT2D eigenvalue weighted by molar-refractivity contribution is 6.30. The summed E-state index contributed by atoms with van der Waals surface area (Å²) < 4.78 is 11.9. The Labute approximate surface area is 217 Å². The van der Waals surface area contributed by atoms with E-state index in [1.807, 2.05) is 76.2 Å². The van der Waals surface area contributed by atoms with Crippen molar-refractivity contribution < 1.29 is 19.1 Å². The lowest BCUT2D eigenvalue weighted by molar-refractivity contribution is -0.163. The molecule has 0 saturated carbocycles. The number of hydrogen-bond donors (Lipinski definition) is 0. The minimum absolute atomic E-state index is 0.0389. The highest BCUT2D eigenvalue weighted by Crippen LogP contribution is 2.53. The lowest BCUT2D eigenvalue weighted by Crippen LogP contribution is -2.56. The van der Waals surface area contributed by atoms with Crippen molar-refractivity contribution in [2.75, 3.05) is 6.61 Å². The van der Waals surface area contributed by atoms with E-state index >= 15 is 0 Å². The van der Waals surface area contributed by atoms with E-state index in [1.54, 1.807) is 4.90 Å². The fraction of sp³-hybridized carbons (Fsp3) is 0.500. The maximum Gasteiger partial charge on any atom is 0.229 e. The summed E-state index contributed by atoms with van der Waals surface area (Å²) in [6, 6.07) is 14.5. The highest BCUT2D eigenvalue weighted by atomic mass is 35.5. The first-order valence-electron chi connectivity index (χ1n) is 12.2. The molecule has 2 heterocycles. The molecule has 0 radical (unpaired) electrons. The molecule has 2 aliphatic heterocycles. The molecular weight excluding hydrogens is 485 g/mol. The zero-order valence-corrected chi connectivity index (χ0v) is 22.2. The second-order valence-electron chi connectivity index (χ2n) is 10.4. The van der Waals surface area contributed by atoms with E-state index in [0.29, 0.717) is 35.9 Å². The van der Waals surface area contributed by atoms with Crippen LogP contribution in [0.4, 0.5) is 0 Å². The zero-order chi connectivity index (χ0) is 25.4. The Bertz CT molecular complexity index is 1070. The number of benzene rings is 2. The maximum atomic E-state index is 14.3. The first-order chi connectivity index (χ1) is 16.6. The van der Waals surface area contributed by atoms with Gasteiger partial charge in [0, 0.05) is 21.4 Å². The van der Waals surface area contributed by atoms with Crippen LogP contribution in [0.25, 0.3) is 0 Å². The molecule has 5 atom stereocenters. The second-order valence-corrected chi connectivity index (χ2v) is 11.3. The molecule has 0 aromatic heterocycles. The van der Waals surface area contributed by atoms with Gasteiger partial charge in [-0.1, -0.05) is 61.3 Å².